The van der Waals surface area contributed by atoms with Crippen molar-refractivity contribution in [2.45, 2.75) is 19.9 Å². The van der Waals surface area contributed by atoms with E-state index in [1.165, 1.54) is 5.56 Å². The number of para-hydroxylation sites is 1. The number of hydrogen-bond donors (Lipinski definition) is 2. The molecule has 0 unspecified atom stereocenters. The summed E-state index contributed by atoms with van der Waals surface area (Å²) in [6, 6.07) is 19.4. The summed E-state index contributed by atoms with van der Waals surface area (Å²) in [4.78, 5) is 20.6. The average molecular weight is 355 g/mol. The number of aromatic amines is 1. The van der Waals surface area contributed by atoms with E-state index in [4.69, 9.17) is 0 Å². The van der Waals surface area contributed by atoms with Crippen LogP contribution in [0.1, 0.15) is 38.8 Å². The summed E-state index contributed by atoms with van der Waals surface area (Å²) in [6.45, 7) is 4.10. The van der Waals surface area contributed by atoms with Gasteiger partial charge in [0.2, 0.25) is 0 Å². The van der Waals surface area contributed by atoms with Gasteiger partial charge in [0.05, 0.1) is 17.1 Å². The summed E-state index contributed by atoms with van der Waals surface area (Å²) in [5.41, 5.74) is 5.82. The van der Waals surface area contributed by atoms with Crippen LogP contribution in [0.2, 0.25) is 0 Å². The molecule has 0 radical (unpaired) electrons. The first-order chi connectivity index (χ1) is 13.1. The Bertz CT molecular complexity index is 1050. The molecule has 2 aromatic heterocycles. The summed E-state index contributed by atoms with van der Waals surface area (Å²) in [5.74, 6) is -0.104. The first kappa shape index (κ1) is 17.0. The molecule has 0 aliphatic heterocycles. The zero-order valence-corrected chi connectivity index (χ0v) is 15.4. The summed E-state index contributed by atoms with van der Waals surface area (Å²) < 4.78 is 0. The summed E-state index contributed by atoms with van der Waals surface area (Å²) in [7, 11) is 0. The molecule has 4 heteroatoms. The predicted molar refractivity (Wildman–Crippen MR) is 108 cm³/mol. The molecule has 0 spiro atoms. The van der Waals surface area contributed by atoms with E-state index in [-0.39, 0.29) is 11.9 Å². The number of pyridine rings is 1. The van der Waals surface area contributed by atoms with Gasteiger partial charge in [0.1, 0.15) is 0 Å². The standard InChI is InChI=1S/C23H21N3O/c1-15-16(2)25-22-19(15)9-6-10-20(22)23(27)26-21(17-7-4-3-5-8-17)18-11-13-24-14-12-18/h3-14,21,25H,1-2H3,(H,26,27)/t21-/m0/s1. The van der Waals surface area contributed by atoms with Crippen LogP contribution >= 0.6 is 0 Å². The molecule has 0 aliphatic carbocycles. The second kappa shape index (κ2) is 7.08. The molecule has 4 rings (SSSR count). The molecule has 2 aromatic carbocycles. The number of aromatic nitrogens is 2. The Labute approximate surface area is 158 Å². The van der Waals surface area contributed by atoms with Crippen LogP contribution in [-0.4, -0.2) is 15.9 Å². The smallest absolute Gasteiger partial charge is 0.254 e. The van der Waals surface area contributed by atoms with Gasteiger partial charge < -0.3 is 10.3 Å². The summed E-state index contributed by atoms with van der Waals surface area (Å²) in [6.07, 6.45) is 3.49. The number of nitrogens with zero attached hydrogens (tertiary/aromatic N) is 1. The minimum atomic E-state index is -0.242. The van der Waals surface area contributed by atoms with E-state index in [1.807, 2.05) is 67.6 Å². The van der Waals surface area contributed by atoms with Crippen LogP contribution in [0.3, 0.4) is 0 Å². The maximum absolute atomic E-state index is 13.2. The average Bonchev–Trinajstić information content (AvgIpc) is 3.01. The predicted octanol–water partition coefficient (Wildman–Crippen LogP) is 4.70. The molecule has 2 N–H and O–H groups in total. The molecule has 1 atom stereocenters. The van der Waals surface area contributed by atoms with Crippen molar-refractivity contribution in [3.05, 3.63) is 101 Å². The van der Waals surface area contributed by atoms with E-state index >= 15 is 0 Å². The first-order valence-corrected chi connectivity index (χ1v) is 8.99. The molecule has 27 heavy (non-hydrogen) atoms. The Hall–Kier alpha value is -3.40. The highest BCUT2D eigenvalue weighted by Gasteiger charge is 2.20. The zero-order chi connectivity index (χ0) is 18.8. The van der Waals surface area contributed by atoms with Gasteiger partial charge in [-0.1, -0.05) is 42.5 Å². The molecule has 4 aromatic rings. The van der Waals surface area contributed by atoms with Gasteiger partial charge >= 0.3 is 0 Å². The first-order valence-electron chi connectivity index (χ1n) is 8.99. The van der Waals surface area contributed by atoms with Crippen LogP contribution in [0, 0.1) is 13.8 Å². The molecule has 1 amide bonds. The van der Waals surface area contributed by atoms with Crippen LogP contribution < -0.4 is 5.32 Å². The number of carbonyl (C=O) groups excluding carboxylic acids is 1. The van der Waals surface area contributed by atoms with Gasteiger partial charge in [0, 0.05) is 23.5 Å². The number of hydrogen-bond acceptors (Lipinski definition) is 2. The maximum Gasteiger partial charge on any atom is 0.254 e. The minimum absolute atomic E-state index is 0.104. The number of benzene rings is 2. The molecule has 0 bridgehead atoms. The van der Waals surface area contributed by atoms with Gasteiger partial charge in [-0.2, -0.15) is 0 Å². The van der Waals surface area contributed by atoms with Crippen LogP contribution in [0.4, 0.5) is 0 Å². The lowest BCUT2D eigenvalue weighted by Gasteiger charge is -2.20. The SMILES string of the molecule is Cc1[nH]c2c(C(=O)N[C@@H](c3ccccc3)c3ccncc3)cccc2c1C. The van der Waals surface area contributed by atoms with Gasteiger partial charge in [-0.15, -0.1) is 0 Å². The highest BCUT2D eigenvalue weighted by atomic mass is 16.1. The van der Waals surface area contributed by atoms with Crippen LogP contribution in [0.15, 0.2) is 73.1 Å². The largest absolute Gasteiger partial charge is 0.358 e. The van der Waals surface area contributed by atoms with Crippen molar-refractivity contribution < 1.29 is 4.79 Å². The third kappa shape index (κ3) is 3.22. The molecule has 0 saturated heterocycles. The lowest BCUT2D eigenvalue weighted by molar-refractivity contribution is 0.0944. The molecular weight excluding hydrogens is 334 g/mol. The monoisotopic (exact) mass is 355 g/mol. The Morgan fingerprint density at radius 2 is 1.63 bits per heavy atom. The second-order valence-electron chi connectivity index (χ2n) is 6.70. The van der Waals surface area contributed by atoms with E-state index < -0.39 is 0 Å². The van der Waals surface area contributed by atoms with Crippen LogP contribution in [-0.2, 0) is 0 Å². The normalized spacial score (nSPS) is 12.1. The molecule has 134 valence electrons. The van der Waals surface area contributed by atoms with Crippen molar-refractivity contribution in [3.8, 4) is 0 Å². The highest BCUT2D eigenvalue weighted by Crippen LogP contribution is 2.26. The molecule has 0 fully saturated rings. The van der Waals surface area contributed by atoms with E-state index in [2.05, 4.69) is 22.2 Å². The molecule has 2 heterocycles. The van der Waals surface area contributed by atoms with Crippen molar-refractivity contribution >= 4 is 16.8 Å². The number of H-pyrrole nitrogens is 1. The van der Waals surface area contributed by atoms with Gasteiger partial charge in [-0.25, -0.2) is 0 Å². The minimum Gasteiger partial charge on any atom is -0.358 e. The fourth-order valence-corrected chi connectivity index (χ4v) is 3.44. The van der Waals surface area contributed by atoms with Crippen LogP contribution in [0.5, 0.6) is 0 Å². The van der Waals surface area contributed by atoms with Crippen molar-refractivity contribution in [2.75, 3.05) is 0 Å². The molecule has 0 aliphatic rings. The summed E-state index contributed by atoms with van der Waals surface area (Å²) in [5, 5.41) is 4.28. The Kier molecular flexibility index (Phi) is 4.47. The van der Waals surface area contributed by atoms with Gasteiger partial charge in [-0.3, -0.25) is 9.78 Å². The zero-order valence-electron chi connectivity index (χ0n) is 15.4. The summed E-state index contributed by atoms with van der Waals surface area (Å²) >= 11 is 0. The maximum atomic E-state index is 13.2. The Morgan fingerprint density at radius 3 is 2.37 bits per heavy atom. The highest BCUT2D eigenvalue weighted by molar-refractivity contribution is 6.07. The fourth-order valence-electron chi connectivity index (χ4n) is 3.44. The van der Waals surface area contributed by atoms with E-state index in [1.54, 1.807) is 12.4 Å². The lowest BCUT2D eigenvalue weighted by Crippen LogP contribution is -2.29. The van der Waals surface area contributed by atoms with Gasteiger partial charge in [-0.05, 0) is 48.7 Å². The van der Waals surface area contributed by atoms with Gasteiger partial charge in [0.25, 0.3) is 5.91 Å². The molecule has 4 nitrogen and oxygen atoms in total. The third-order valence-corrected chi connectivity index (χ3v) is 5.04. The molecule has 0 saturated carbocycles. The van der Waals surface area contributed by atoms with E-state index in [0.29, 0.717) is 5.56 Å². The molecular formula is C23H21N3O. The van der Waals surface area contributed by atoms with Crippen molar-refractivity contribution in [1.82, 2.24) is 15.3 Å². The number of fused-ring (bicyclic) bond motifs is 1. The Morgan fingerprint density at radius 1 is 0.926 bits per heavy atom. The van der Waals surface area contributed by atoms with Crippen molar-refractivity contribution in [2.24, 2.45) is 0 Å². The number of rotatable bonds is 4. The van der Waals surface area contributed by atoms with Crippen molar-refractivity contribution in [1.29, 1.82) is 0 Å². The lowest BCUT2D eigenvalue weighted by atomic mass is 9.99. The number of carbonyl (C=O) groups is 1. The second-order valence-corrected chi connectivity index (χ2v) is 6.70. The number of nitrogens with one attached hydrogen (secondary N) is 2. The topological polar surface area (TPSA) is 57.8 Å². The quantitative estimate of drug-likeness (QED) is 0.557. The number of amides is 1. The fraction of sp³-hybridized carbons (Fsp3) is 0.130. The van der Waals surface area contributed by atoms with Crippen LogP contribution in [0.25, 0.3) is 10.9 Å². The third-order valence-electron chi connectivity index (χ3n) is 5.04. The van der Waals surface area contributed by atoms with E-state index in [0.717, 1.165) is 27.7 Å². The van der Waals surface area contributed by atoms with Gasteiger partial charge in [0.15, 0.2) is 0 Å². The van der Waals surface area contributed by atoms with E-state index in [9.17, 15) is 4.79 Å². The van der Waals surface area contributed by atoms with Crippen molar-refractivity contribution in [3.63, 3.8) is 0 Å². The number of aryl methyl sites for hydroxylation is 2. The Balaban J connectivity index is 1.74.